The molecule has 0 radical (unpaired) electrons. The maximum absolute atomic E-state index is 14.8. The smallest absolute Gasteiger partial charge is 0.226 e. The summed E-state index contributed by atoms with van der Waals surface area (Å²) in [5.41, 5.74) is 3.70. The second-order valence-corrected chi connectivity index (χ2v) is 8.63. The highest BCUT2D eigenvalue weighted by Crippen LogP contribution is 2.37. The number of pyridine rings is 1. The first kappa shape index (κ1) is 22.1. The van der Waals surface area contributed by atoms with E-state index in [-0.39, 0.29) is 5.82 Å². The number of benzene rings is 3. The van der Waals surface area contributed by atoms with Crippen LogP contribution in [0.15, 0.2) is 89.4 Å². The zero-order valence-corrected chi connectivity index (χ0v) is 20.0. The van der Waals surface area contributed by atoms with E-state index < -0.39 is 0 Å². The Morgan fingerprint density at radius 3 is 2.15 bits per heavy atom. The molecule has 0 saturated heterocycles. The van der Waals surface area contributed by atoms with Gasteiger partial charge in [-0.2, -0.15) is 10.1 Å². The fourth-order valence-electron chi connectivity index (χ4n) is 3.75. The fourth-order valence-corrected chi connectivity index (χ4v) is 4.07. The molecule has 0 aliphatic carbocycles. The standard InChI is InChI=1S/C27H21BrFN3O2/c1-32-26-20(12-14-22(28)24(26)29)25(31-32)21-13-15-23(33-16-18-8-4-2-5-9-18)30-27(21)34-17-19-10-6-3-7-11-19/h2-15H,16-17H2,1H3. The molecule has 0 aliphatic heterocycles. The van der Waals surface area contributed by atoms with Gasteiger partial charge in [0.1, 0.15) is 24.4 Å². The van der Waals surface area contributed by atoms with Crippen LogP contribution < -0.4 is 9.47 Å². The summed E-state index contributed by atoms with van der Waals surface area (Å²) >= 11 is 3.26. The van der Waals surface area contributed by atoms with Crippen LogP contribution in [0.2, 0.25) is 0 Å². The van der Waals surface area contributed by atoms with Crippen molar-refractivity contribution in [2.24, 2.45) is 7.05 Å². The first-order chi connectivity index (χ1) is 16.6. The molecule has 0 amide bonds. The van der Waals surface area contributed by atoms with Crippen molar-refractivity contribution in [3.8, 4) is 23.0 Å². The van der Waals surface area contributed by atoms with Gasteiger partial charge in [-0.15, -0.1) is 0 Å². The normalized spacial score (nSPS) is 11.0. The Balaban J connectivity index is 1.53. The van der Waals surface area contributed by atoms with Crippen molar-refractivity contribution >= 4 is 26.8 Å². The quantitative estimate of drug-likeness (QED) is 0.241. The summed E-state index contributed by atoms with van der Waals surface area (Å²) in [5, 5.41) is 5.27. The highest BCUT2D eigenvalue weighted by molar-refractivity contribution is 9.10. The summed E-state index contributed by atoms with van der Waals surface area (Å²) in [6.07, 6.45) is 0. The number of aromatic nitrogens is 3. The van der Waals surface area contributed by atoms with Gasteiger partial charge in [0, 0.05) is 18.5 Å². The highest BCUT2D eigenvalue weighted by atomic mass is 79.9. The molecule has 0 fully saturated rings. The third kappa shape index (κ3) is 4.52. The third-order valence-electron chi connectivity index (χ3n) is 5.44. The van der Waals surface area contributed by atoms with Gasteiger partial charge in [-0.1, -0.05) is 60.7 Å². The van der Waals surface area contributed by atoms with Gasteiger partial charge in [-0.05, 0) is 45.3 Å². The molecule has 170 valence electrons. The number of hydrogen-bond acceptors (Lipinski definition) is 4. The van der Waals surface area contributed by atoms with E-state index in [1.165, 1.54) is 4.68 Å². The van der Waals surface area contributed by atoms with Crippen LogP contribution in [0.4, 0.5) is 4.39 Å². The first-order valence-corrected chi connectivity index (χ1v) is 11.5. The Hall–Kier alpha value is -3.71. The minimum atomic E-state index is -0.360. The van der Waals surface area contributed by atoms with E-state index in [1.807, 2.05) is 72.8 Å². The van der Waals surface area contributed by atoms with E-state index in [4.69, 9.17) is 9.47 Å². The Morgan fingerprint density at radius 2 is 1.47 bits per heavy atom. The molecule has 3 aromatic carbocycles. The Bertz CT molecular complexity index is 1440. The predicted octanol–water partition coefficient (Wildman–Crippen LogP) is 6.69. The van der Waals surface area contributed by atoms with Gasteiger partial charge >= 0.3 is 0 Å². The summed E-state index contributed by atoms with van der Waals surface area (Å²) in [5.74, 6) is 0.448. The van der Waals surface area contributed by atoms with Crippen LogP contribution in [-0.4, -0.2) is 14.8 Å². The average Bonchev–Trinajstić information content (AvgIpc) is 3.21. The number of nitrogens with zero attached hydrogens (tertiary/aromatic N) is 3. The molecular weight excluding hydrogens is 497 g/mol. The van der Waals surface area contributed by atoms with Crippen LogP contribution in [0.1, 0.15) is 11.1 Å². The van der Waals surface area contributed by atoms with Crippen LogP contribution in [0.5, 0.6) is 11.8 Å². The molecule has 5 rings (SSSR count). The summed E-state index contributed by atoms with van der Waals surface area (Å²) < 4.78 is 28.8. The van der Waals surface area contributed by atoms with E-state index in [9.17, 15) is 4.39 Å². The largest absolute Gasteiger partial charge is 0.473 e. The minimum absolute atomic E-state index is 0.327. The summed E-state index contributed by atoms with van der Waals surface area (Å²) in [7, 11) is 1.72. The molecule has 0 aliphatic rings. The molecule has 7 heteroatoms. The maximum atomic E-state index is 14.8. The molecule has 2 aromatic heterocycles. The maximum Gasteiger partial charge on any atom is 0.226 e. The topological polar surface area (TPSA) is 49.2 Å². The molecule has 34 heavy (non-hydrogen) atoms. The van der Waals surface area contributed by atoms with Crippen LogP contribution in [0.3, 0.4) is 0 Å². The van der Waals surface area contributed by atoms with Gasteiger partial charge < -0.3 is 9.47 Å². The fraction of sp³-hybridized carbons (Fsp3) is 0.111. The lowest BCUT2D eigenvalue weighted by atomic mass is 10.1. The zero-order chi connectivity index (χ0) is 23.5. The Kier molecular flexibility index (Phi) is 6.27. The van der Waals surface area contributed by atoms with Crippen molar-refractivity contribution < 1.29 is 13.9 Å². The minimum Gasteiger partial charge on any atom is -0.473 e. The van der Waals surface area contributed by atoms with Crippen molar-refractivity contribution in [2.45, 2.75) is 13.2 Å². The van der Waals surface area contributed by atoms with Crippen LogP contribution in [0.25, 0.3) is 22.2 Å². The van der Waals surface area contributed by atoms with Gasteiger partial charge in [0.25, 0.3) is 0 Å². The second-order valence-electron chi connectivity index (χ2n) is 7.78. The molecule has 5 nitrogen and oxygen atoms in total. The Morgan fingerprint density at radius 1 is 0.824 bits per heavy atom. The van der Waals surface area contributed by atoms with Gasteiger partial charge in [-0.25, -0.2) is 4.39 Å². The average molecular weight is 518 g/mol. The molecule has 0 unspecified atom stereocenters. The molecular formula is C27H21BrFN3O2. The van der Waals surface area contributed by atoms with E-state index in [0.717, 1.165) is 11.1 Å². The number of fused-ring (bicyclic) bond motifs is 1. The SMILES string of the molecule is Cn1nc(-c2ccc(OCc3ccccc3)nc2OCc2ccccc2)c2ccc(Br)c(F)c21. The number of aryl methyl sites for hydroxylation is 1. The van der Waals surface area contributed by atoms with Crippen LogP contribution in [0, 0.1) is 5.82 Å². The molecule has 2 heterocycles. The summed E-state index contributed by atoms with van der Waals surface area (Å²) in [6.45, 7) is 0.713. The molecule has 0 saturated carbocycles. The van der Waals surface area contributed by atoms with Gasteiger partial charge in [-0.3, -0.25) is 4.68 Å². The van der Waals surface area contributed by atoms with E-state index in [0.29, 0.717) is 51.6 Å². The summed E-state index contributed by atoms with van der Waals surface area (Å²) in [4.78, 5) is 4.64. The van der Waals surface area contributed by atoms with Crippen molar-refractivity contribution in [1.29, 1.82) is 0 Å². The lowest BCUT2D eigenvalue weighted by Gasteiger charge is -2.12. The monoisotopic (exact) mass is 517 g/mol. The molecule has 0 atom stereocenters. The van der Waals surface area contributed by atoms with Gasteiger partial charge in [0.15, 0.2) is 5.82 Å². The summed E-state index contributed by atoms with van der Waals surface area (Å²) in [6, 6.07) is 26.9. The lowest BCUT2D eigenvalue weighted by Crippen LogP contribution is -2.02. The molecule has 0 N–H and O–H groups in total. The van der Waals surface area contributed by atoms with Crippen molar-refractivity contribution in [2.75, 3.05) is 0 Å². The zero-order valence-electron chi connectivity index (χ0n) is 18.4. The van der Waals surface area contributed by atoms with Crippen molar-refractivity contribution in [1.82, 2.24) is 14.8 Å². The van der Waals surface area contributed by atoms with Crippen molar-refractivity contribution in [3.63, 3.8) is 0 Å². The third-order valence-corrected chi connectivity index (χ3v) is 6.05. The molecule has 0 spiro atoms. The first-order valence-electron chi connectivity index (χ1n) is 10.8. The highest BCUT2D eigenvalue weighted by Gasteiger charge is 2.20. The molecule has 0 bridgehead atoms. The van der Waals surface area contributed by atoms with E-state index >= 15 is 0 Å². The van der Waals surface area contributed by atoms with Crippen LogP contribution in [-0.2, 0) is 20.3 Å². The van der Waals surface area contributed by atoms with Crippen molar-refractivity contribution in [3.05, 3.63) is 106 Å². The van der Waals surface area contributed by atoms with Gasteiger partial charge in [0.05, 0.1) is 10.0 Å². The van der Waals surface area contributed by atoms with E-state index in [2.05, 4.69) is 26.0 Å². The number of hydrogen-bond donors (Lipinski definition) is 0. The predicted molar refractivity (Wildman–Crippen MR) is 133 cm³/mol. The Labute approximate surface area is 204 Å². The van der Waals surface area contributed by atoms with E-state index in [1.54, 1.807) is 19.2 Å². The second kappa shape index (κ2) is 9.65. The number of ether oxygens (including phenoxy) is 2. The lowest BCUT2D eigenvalue weighted by molar-refractivity contribution is 0.268. The number of rotatable bonds is 7. The number of halogens is 2. The molecule has 5 aromatic rings. The van der Waals surface area contributed by atoms with Crippen LogP contribution >= 0.6 is 15.9 Å². The van der Waals surface area contributed by atoms with Gasteiger partial charge in [0.2, 0.25) is 11.8 Å².